The molecule has 206 valence electrons. The van der Waals surface area contributed by atoms with E-state index in [-0.39, 0.29) is 34.0 Å². The summed E-state index contributed by atoms with van der Waals surface area (Å²) in [5.41, 5.74) is 7.88. The molecule has 0 heterocycles. The van der Waals surface area contributed by atoms with Crippen LogP contribution in [-0.2, 0) is 0 Å². The fraction of sp³-hybridized carbons (Fsp3) is 0.308. The van der Waals surface area contributed by atoms with Crippen molar-refractivity contribution >= 4 is 103 Å². The molecule has 0 atom stereocenters. The summed E-state index contributed by atoms with van der Waals surface area (Å²) in [6.45, 7) is 3.26. The number of likely N-dealkylation sites (N-methyl/N-ethyl adjacent to an activating group) is 2. The molecule has 4 N–H and O–H groups in total. The van der Waals surface area contributed by atoms with Crippen LogP contribution in [0.2, 0.25) is 0 Å². The lowest BCUT2D eigenvalue weighted by Gasteiger charge is -2.13. The summed E-state index contributed by atoms with van der Waals surface area (Å²) in [5, 5.41) is 20.4. The number of fused-ring (bicyclic) bond motifs is 2. The van der Waals surface area contributed by atoms with Crippen LogP contribution >= 0.6 is 58.4 Å². The number of hydrogen-bond acceptors (Lipinski definition) is 6. The van der Waals surface area contributed by atoms with Gasteiger partial charge in [-0.25, -0.2) is 0 Å². The number of hydrazone groups is 2. The van der Waals surface area contributed by atoms with Gasteiger partial charge in [-0.05, 0) is 74.2 Å². The van der Waals surface area contributed by atoms with Crippen molar-refractivity contribution in [3.63, 3.8) is 0 Å². The summed E-state index contributed by atoms with van der Waals surface area (Å²) < 4.78 is 0. The predicted molar refractivity (Wildman–Crippen MR) is 182 cm³/mol. The topological polar surface area (TPSA) is 79.3 Å². The van der Waals surface area contributed by atoms with Crippen molar-refractivity contribution < 1.29 is 0 Å². The van der Waals surface area contributed by atoms with Crippen molar-refractivity contribution in [3.8, 4) is 0 Å². The molecule has 8 nitrogen and oxygen atoms in total. The second-order valence-electron chi connectivity index (χ2n) is 8.78. The fourth-order valence-electron chi connectivity index (χ4n) is 3.65. The molecule has 0 spiro atoms. The largest absolute Gasteiger partial charge is 0.360 e. The first kappa shape index (κ1) is 33.8. The highest BCUT2D eigenvalue weighted by Gasteiger charge is 2.11. The molecule has 0 amide bonds. The van der Waals surface area contributed by atoms with Crippen LogP contribution < -0.4 is 21.5 Å². The molecule has 0 aromatic heterocycles. The summed E-state index contributed by atoms with van der Waals surface area (Å²) in [6.07, 6.45) is 3.65. The Morgan fingerprint density at radius 3 is 1.26 bits per heavy atom. The number of rotatable bonds is 10. The Bertz CT molecular complexity index is 1110. The van der Waals surface area contributed by atoms with E-state index < -0.39 is 0 Å². The van der Waals surface area contributed by atoms with E-state index in [2.05, 4.69) is 65.8 Å². The number of halogens is 2. The molecule has 0 saturated carbocycles. The lowest BCUT2D eigenvalue weighted by Crippen LogP contribution is -2.36. The monoisotopic (exact) mass is 682 g/mol. The lowest BCUT2D eigenvalue weighted by atomic mass is 9.92. The molecule has 0 unspecified atom stereocenters. The maximum atomic E-state index is 5.34. The zero-order valence-corrected chi connectivity index (χ0v) is 27.1. The minimum Gasteiger partial charge on any atom is -0.360 e. The third kappa shape index (κ3) is 10.2. The second kappa shape index (κ2) is 17.4. The molecule has 3 aromatic rings. The third-order valence-electron chi connectivity index (χ3n) is 5.42. The van der Waals surface area contributed by atoms with Gasteiger partial charge in [-0.2, -0.15) is 10.2 Å². The highest BCUT2D eigenvalue weighted by Crippen LogP contribution is 2.31. The number of thiocarbonyl (C=S) groups is 2. The smallest absolute Gasteiger partial charge is 0.187 e. The Morgan fingerprint density at radius 1 is 0.658 bits per heavy atom. The molecule has 12 heteroatoms. The fourth-order valence-corrected chi connectivity index (χ4v) is 3.96. The number of nitrogens with one attached hydrogen (secondary N) is 4. The maximum absolute atomic E-state index is 5.34. The zero-order chi connectivity index (χ0) is 25.9. The van der Waals surface area contributed by atoms with Gasteiger partial charge >= 0.3 is 0 Å². The van der Waals surface area contributed by atoms with E-state index in [1.54, 1.807) is 0 Å². The molecule has 0 fully saturated rings. The zero-order valence-electron chi connectivity index (χ0n) is 22.0. The van der Waals surface area contributed by atoms with E-state index in [4.69, 9.17) is 24.4 Å². The SMILES string of the molecule is Br.Br.CN(C)CCNC(=S)N/N=C/c1c2ccccc2c(/C=N/NC(=S)NCCN(C)C)c2ccccc12. The Morgan fingerprint density at radius 2 is 0.974 bits per heavy atom. The lowest BCUT2D eigenvalue weighted by molar-refractivity contribution is 0.412. The Hall–Kier alpha value is -2.22. The first-order valence-corrected chi connectivity index (χ1v) is 12.5. The standard InChI is InChI=1S/C26H34N8S2.2BrH/c1-33(2)15-13-27-25(35)31-29-17-23-19-9-5-7-11-21(19)24(22-12-8-6-10-20(22)23)18-30-32-26(36)28-14-16-34(3)4;;/h5-12,17-18H,13-16H2,1-4H3,(H2,27,31,35)(H2,28,32,36);2*1H/b29-17+,30-18+;;. The van der Waals surface area contributed by atoms with Crippen molar-refractivity contribution in [3.05, 3.63) is 59.7 Å². The number of nitrogens with zero attached hydrogens (tertiary/aromatic N) is 4. The van der Waals surface area contributed by atoms with Crippen molar-refractivity contribution in [2.45, 2.75) is 0 Å². The first-order valence-electron chi connectivity index (χ1n) is 11.7. The van der Waals surface area contributed by atoms with Crippen molar-refractivity contribution in [2.75, 3.05) is 54.4 Å². The van der Waals surface area contributed by atoms with Gasteiger partial charge in [-0.15, -0.1) is 34.0 Å². The van der Waals surface area contributed by atoms with E-state index >= 15 is 0 Å². The Labute approximate surface area is 256 Å². The van der Waals surface area contributed by atoms with E-state index in [0.29, 0.717) is 10.2 Å². The Kier molecular flexibility index (Phi) is 15.5. The first-order chi connectivity index (χ1) is 17.4. The molecule has 0 aliphatic heterocycles. The minimum atomic E-state index is 0. The van der Waals surface area contributed by atoms with Crippen LogP contribution in [0, 0.1) is 0 Å². The Balaban J connectivity index is 0.00000361. The van der Waals surface area contributed by atoms with Gasteiger partial charge in [0.2, 0.25) is 0 Å². The van der Waals surface area contributed by atoms with Crippen molar-refractivity contribution in [2.24, 2.45) is 10.2 Å². The van der Waals surface area contributed by atoms with Gasteiger partial charge in [0.25, 0.3) is 0 Å². The second-order valence-corrected chi connectivity index (χ2v) is 9.59. The molecule has 3 rings (SSSR count). The van der Waals surface area contributed by atoms with Crippen LogP contribution in [0.3, 0.4) is 0 Å². The van der Waals surface area contributed by atoms with E-state index in [1.165, 1.54) is 0 Å². The van der Waals surface area contributed by atoms with Gasteiger partial charge in [0, 0.05) is 37.3 Å². The van der Waals surface area contributed by atoms with Crippen LogP contribution in [0.15, 0.2) is 58.7 Å². The van der Waals surface area contributed by atoms with E-state index in [1.807, 2.05) is 64.9 Å². The van der Waals surface area contributed by atoms with E-state index in [0.717, 1.165) is 58.9 Å². The summed E-state index contributed by atoms with van der Waals surface area (Å²) in [7, 11) is 8.09. The number of hydrogen-bond donors (Lipinski definition) is 4. The summed E-state index contributed by atoms with van der Waals surface area (Å²) in [4.78, 5) is 4.18. The van der Waals surface area contributed by atoms with Crippen molar-refractivity contribution in [1.82, 2.24) is 31.3 Å². The van der Waals surface area contributed by atoms with Crippen LogP contribution in [-0.4, -0.2) is 86.8 Å². The van der Waals surface area contributed by atoms with E-state index in [9.17, 15) is 0 Å². The third-order valence-corrected chi connectivity index (χ3v) is 5.89. The van der Waals surface area contributed by atoms with Gasteiger partial charge in [0.05, 0.1) is 12.4 Å². The molecule has 0 bridgehead atoms. The van der Waals surface area contributed by atoms with Crippen molar-refractivity contribution in [1.29, 1.82) is 0 Å². The quantitative estimate of drug-likeness (QED) is 0.111. The van der Waals surface area contributed by atoms with Gasteiger partial charge in [0.1, 0.15) is 0 Å². The van der Waals surface area contributed by atoms with Crippen LogP contribution in [0.4, 0.5) is 0 Å². The molecular weight excluding hydrogens is 648 g/mol. The van der Waals surface area contributed by atoms with Crippen LogP contribution in [0.25, 0.3) is 21.5 Å². The predicted octanol–water partition coefficient (Wildman–Crippen LogP) is 3.87. The van der Waals surface area contributed by atoms with Gasteiger partial charge in [-0.3, -0.25) is 10.9 Å². The maximum Gasteiger partial charge on any atom is 0.187 e. The molecular formula is C26H36Br2N8S2. The van der Waals surface area contributed by atoms with Crippen LogP contribution in [0.5, 0.6) is 0 Å². The summed E-state index contributed by atoms with van der Waals surface area (Å²) in [5.74, 6) is 0. The summed E-state index contributed by atoms with van der Waals surface area (Å²) >= 11 is 10.7. The van der Waals surface area contributed by atoms with Gasteiger partial charge in [0.15, 0.2) is 10.2 Å². The molecule has 0 aliphatic carbocycles. The highest BCUT2D eigenvalue weighted by atomic mass is 79.9. The molecule has 0 aliphatic rings. The summed E-state index contributed by atoms with van der Waals surface area (Å²) in [6, 6.07) is 16.5. The average molecular weight is 685 g/mol. The molecule has 0 saturated heterocycles. The normalized spacial score (nSPS) is 11.1. The van der Waals surface area contributed by atoms with Crippen LogP contribution in [0.1, 0.15) is 11.1 Å². The highest BCUT2D eigenvalue weighted by molar-refractivity contribution is 8.93. The molecule has 38 heavy (non-hydrogen) atoms. The van der Waals surface area contributed by atoms with Gasteiger partial charge < -0.3 is 20.4 Å². The molecule has 3 aromatic carbocycles. The molecule has 0 radical (unpaired) electrons. The average Bonchev–Trinajstić information content (AvgIpc) is 2.84. The number of benzene rings is 3. The van der Waals surface area contributed by atoms with Gasteiger partial charge in [-0.1, -0.05) is 48.5 Å². The minimum absolute atomic E-state index is 0.